The number of esters is 1. The lowest BCUT2D eigenvalue weighted by molar-refractivity contribution is -0.159. The summed E-state index contributed by atoms with van der Waals surface area (Å²) < 4.78 is 7.21. The fourth-order valence-electron chi connectivity index (χ4n) is 2.64. The summed E-state index contributed by atoms with van der Waals surface area (Å²) in [5.41, 5.74) is 2.26. The molecule has 6 nitrogen and oxygen atoms in total. The zero-order chi connectivity index (χ0) is 19.2. The number of carbonyl (C=O) groups excluding carboxylic acids is 2. The van der Waals surface area contributed by atoms with Crippen molar-refractivity contribution in [2.45, 2.75) is 12.5 Å². The molecule has 1 atom stereocenters. The standard InChI is InChI=1S/C21H21N3O3/c1-23(2)21(26)20(17-9-5-3-6-10-17)27-19(25)13-16-14-22-24(15-16)18-11-7-4-8-12-18/h3-12,14-15,20H,13H2,1-2H3/t20-/m0/s1. The van der Waals surface area contributed by atoms with Crippen LogP contribution in [0.15, 0.2) is 73.1 Å². The molecule has 1 heterocycles. The van der Waals surface area contributed by atoms with Crippen LogP contribution in [0.4, 0.5) is 0 Å². The Morgan fingerprint density at radius 3 is 2.30 bits per heavy atom. The summed E-state index contributed by atoms with van der Waals surface area (Å²) in [5, 5.41) is 4.27. The third-order valence-electron chi connectivity index (χ3n) is 4.02. The van der Waals surface area contributed by atoms with Crippen LogP contribution in [0.25, 0.3) is 5.69 Å². The SMILES string of the molecule is CN(C)C(=O)[C@@H](OC(=O)Cc1cnn(-c2ccccc2)c1)c1ccccc1. The lowest BCUT2D eigenvalue weighted by Crippen LogP contribution is -2.31. The van der Waals surface area contributed by atoms with Gasteiger partial charge in [0.05, 0.1) is 18.3 Å². The van der Waals surface area contributed by atoms with Crippen LogP contribution in [-0.4, -0.2) is 40.7 Å². The summed E-state index contributed by atoms with van der Waals surface area (Å²) in [6.45, 7) is 0. The lowest BCUT2D eigenvalue weighted by atomic mass is 10.1. The number of nitrogens with zero attached hydrogens (tertiary/aromatic N) is 3. The maximum absolute atomic E-state index is 12.5. The van der Waals surface area contributed by atoms with E-state index in [1.807, 2.05) is 48.5 Å². The van der Waals surface area contributed by atoms with E-state index in [-0.39, 0.29) is 12.3 Å². The highest BCUT2D eigenvalue weighted by atomic mass is 16.5. The van der Waals surface area contributed by atoms with Crippen LogP contribution in [-0.2, 0) is 20.7 Å². The average Bonchev–Trinajstić information content (AvgIpc) is 3.15. The van der Waals surface area contributed by atoms with Gasteiger partial charge in [-0.15, -0.1) is 0 Å². The molecule has 0 saturated heterocycles. The molecule has 1 aromatic heterocycles. The Hall–Kier alpha value is -3.41. The summed E-state index contributed by atoms with van der Waals surface area (Å²) in [5.74, 6) is -0.763. The van der Waals surface area contributed by atoms with Crippen LogP contribution < -0.4 is 0 Å². The zero-order valence-corrected chi connectivity index (χ0v) is 15.3. The van der Waals surface area contributed by atoms with E-state index in [9.17, 15) is 9.59 Å². The molecule has 3 aromatic rings. The van der Waals surface area contributed by atoms with Crippen LogP contribution >= 0.6 is 0 Å². The van der Waals surface area contributed by atoms with Gasteiger partial charge in [-0.1, -0.05) is 48.5 Å². The van der Waals surface area contributed by atoms with Crippen molar-refractivity contribution in [3.05, 3.63) is 84.2 Å². The first kappa shape index (κ1) is 18.4. The van der Waals surface area contributed by atoms with E-state index in [1.165, 1.54) is 4.90 Å². The van der Waals surface area contributed by atoms with Gasteiger partial charge in [-0.3, -0.25) is 9.59 Å². The van der Waals surface area contributed by atoms with E-state index in [0.29, 0.717) is 11.1 Å². The van der Waals surface area contributed by atoms with Crippen LogP contribution in [0.3, 0.4) is 0 Å². The van der Waals surface area contributed by atoms with E-state index in [0.717, 1.165) is 5.69 Å². The van der Waals surface area contributed by atoms with E-state index in [2.05, 4.69) is 5.10 Å². The minimum atomic E-state index is -0.960. The second-order valence-electron chi connectivity index (χ2n) is 6.32. The highest BCUT2D eigenvalue weighted by molar-refractivity contribution is 5.85. The van der Waals surface area contributed by atoms with Gasteiger partial charge in [0.2, 0.25) is 6.10 Å². The quantitative estimate of drug-likeness (QED) is 0.632. The van der Waals surface area contributed by atoms with Crippen LogP contribution in [0.5, 0.6) is 0 Å². The highest BCUT2D eigenvalue weighted by Crippen LogP contribution is 2.20. The number of amides is 1. The molecule has 0 N–H and O–H groups in total. The number of rotatable bonds is 6. The second-order valence-corrected chi connectivity index (χ2v) is 6.32. The molecule has 3 rings (SSSR count). The minimum Gasteiger partial charge on any atom is -0.447 e. The molecule has 0 saturated carbocycles. The second kappa shape index (κ2) is 8.31. The van der Waals surface area contributed by atoms with Crippen molar-refractivity contribution in [3.8, 4) is 5.69 Å². The number of hydrogen-bond donors (Lipinski definition) is 0. The van der Waals surface area contributed by atoms with Crippen LogP contribution in [0, 0.1) is 0 Å². The third kappa shape index (κ3) is 4.61. The Morgan fingerprint density at radius 2 is 1.67 bits per heavy atom. The summed E-state index contributed by atoms with van der Waals surface area (Å²) >= 11 is 0. The molecule has 0 fully saturated rings. The fourth-order valence-corrected chi connectivity index (χ4v) is 2.64. The molecule has 0 aliphatic rings. The predicted molar refractivity (Wildman–Crippen MR) is 101 cm³/mol. The molecule has 1 amide bonds. The average molecular weight is 363 g/mol. The summed E-state index contributed by atoms with van der Waals surface area (Å²) in [4.78, 5) is 26.3. The first-order chi connectivity index (χ1) is 13.0. The van der Waals surface area contributed by atoms with Gasteiger partial charge in [0, 0.05) is 31.4 Å². The number of hydrogen-bond acceptors (Lipinski definition) is 4. The molecule has 0 spiro atoms. The normalized spacial score (nSPS) is 11.6. The Kier molecular flexibility index (Phi) is 5.66. The molecule has 6 heteroatoms. The van der Waals surface area contributed by atoms with E-state index < -0.39 is 12.1 Å². The van der Waals surface area contributed by atoms with Gasteiger partial charge < -0.3 is 9.64 Å². The Labute approximate surface area is 158 Å². The van der Waals surface area contributed by atoms with Gasteiger partial charge in [0.15, 0.2) is 0 Å². The molecule has 138 valence electrons. The summed E-state index contributed by atoms with van der Waals surface area (Å²) in [6, 6.07) is 18.6. The minimum absolute atomic E-state index is 0.0386. The number of likely N-dealkylation sites (N-methyl/N-ethyl adjacent to an activating group) is 1. The van der Waals surface area contributed by atoms with Gasteiger partial charge in [0.1, 0.15) is 0 Å². The molecule has 27 heavy (non-hydrogen) atoms. The molecule has 0 aliphatic carbocycles. The topological polar surface area (TPSA) is 64.4 Å². The molecule has 0 unspecified atom stereocenters. The predicted octanol–water partition coefficient (Wildman–Crippen LogP) is 2.79. The van der Waals surface area contributed by atoms with Gasteiger partial charge in [-0.05, 0) is 12.1 Å². The third-order valence-corrected chi connectivity index (χ3v) is 4.02. The van der Waals surface area contributed by atoms with Crippen molar-refractivity contribution < 1.29 is 14.3 Å². The molecule has 2 aromatic carbocycles. The van der Waals surface area contributed by atoms with Gasteiger partial charge in [0.25, 0.3) is 5.91 Å². The van der Waals surface area contributed by atoms with Gasteiger partial charge in [-0.2, -0.15) is 5.10 Å². The van der Waals surface area contributed by atoms with Crippen molar-refractivity contribution in [2.75, 3.05) is 14.1 Å². The monoisotopic (exact) mass is 363 g/mol. The lowest BCUT2D eigenvalue weighted by Gasteiger charge is -2.21. The first-order valence-electron chi connectivity index (χ1n) is 8.59. The van der Waals surface area contributed by atoms with Gasteiger partial charge in [-0.25, -0.2) is 4.68 Å². The van der Waals surface area contributed by atoms with Crippen molar-refractivity contribution in [2.24, 2.45) is 0 Å². The summed E-state index contributed by atoms with van der Waals surface area (Å²) in [7, 11) is 3.27. The maximum Gasteiger partial charge on any atom is 0.311 e. The van der Waals surface area contributed by atoms with Crippen molar-refractivity contribution >= 4 is 11.9 Å². The van der Waals surface area contributed by atoms with E-state index >= 15 is 0 Å². The largest absolute Gasteiger partial charge is 0.447 e. The van der Waals surface area contributed by atoms with E-state index in [4.69, 9.17) is 4.74 Å². The Bertz CT molecular complexity index is 905. The van der Waals surface area contributed by atoms with E-state index in [1.54, 1.807) is 43.3 Å². The van der Waals surface area contributed by atoms with Gasteiger partial charge >= 0.3 is 5.97 Å². The highest BCUT2D eigenvalue weighted by Gasteiger charge is 2.26. The fraction of sp³-hybridized carbons (Fsp3) is 0.190. The van der Waals surface area contributed by atoms with Crippen LogP contribution in [0.2, 0.25) is 0 Å². The number of para-hydroxylation sites is 1. The number of carbonyl (C=O) groups is 2. The molecule has 0 radical (unpaired) electrons. The Balaban J connectivity index is 1.71. The number of aromatic nitrogens is 2. The maximum atomic E-state index is 12.5. The molecule has 0 bridgehead atoms. The Morgan fingerprint density at radius 1 is 1.04 bits per heavy atom. The van der Waals surface area contributed by atoms with Crippen molar-refractivity contribution in [1.29, 1.82) is 0 Å². The molecule has 0 aliphatic heterocycles. The summed E-state index contributed by atoms with van der Waals surface area (Å²) in [6.07, 6.45) is 2.48. The first-order valence-corrected chi connectivity index (χ1v) is 8.59. The number of benzene rings is 2. The van der Waals surface area contributed by atoms with Crippen molar-refractivity contribution in [3.63, 3.8) is 0 Å². The van der Waals surface area contributed by atoms with Crippen molar-refractivity contribution in [1.82, 2.24) is 14.7 Å². The zero-order valence-electron chi connectivity index (χ0n) is 15.3. The smallest absolute Gasteiger partial charge is 0.311 e. The molecular formula is C21H21N3O3. The number of ether oxygens (including phenoxy) is 1. The molecular weight excluding hydrogens is 342 g/mol. The van der Waals surface area contributed by atoms with Crippen LogP contribution in [0.1, 0.15) is 17.2 Å².